The lowest BCUT2D eigenvalue weighted by atomic mass is 9.80. The smallest absolute Gasteiger partial charge is 0.113 e. The Morgan fingerprint density at radius 3 is 2.93 bits per heavy atom. The fraction of sp³-hybridized carbons (Fsp3) is 1.00. The van der Waals surface area contributed by atoms with Crippen molar-refractivity contribution in [3.05, 3.63) is 0 Å². The maximum atomic E-state index is 14.5. The van der Waals surface area contributed by atoms with E-state index in [1.165, 1.54) is 6.42 Å². The van der Waals surface area contributed by atoms with E-state index in [1.54, 1.807) is 0 Å². The van der Waals surface area contributed by atoms with Gasteiger partial charge in [-0.3, -0.25) is 15.6 Å². The first-order chi connectivity index (χ1) is 14.4. The van der Waals surface area contributed by atoms with Gasteiger partial charge in [-0.1, -0.05) is 0 Å². The first kappa shape index (κ1) is 15.5. The molecule has 5 fully saturated rings. The van der Waals surface area contributed by atoms with E-state index in [2.05, 4.69) is 31.3 Å². The number of hydrazine groups is 1. The zero-order valence-electron chi connectivity index (χ0n) is 19.2. The van der Waals surface area contributed by atoms with E-state index in [9.17, 15) is 4.39 Å². The SMILES string of the molecule is [2H]C([2H])([2H])[C@H]1CCC2NCC(F)CC2[C@H]2CCCN2C2CCN3NCC(CN1)C3N2. The lowest BCUT2D eigenvalue weighted by Crippen LogP contribution is -2.64. The molecule has 5 heterocycles. The van der Waals surface area contributed by atoms with Crippen LogP contribution in [-0.4, -0.2) is 79.3 Å². The van der Waals surface area contributed by atoms with E-state index < -0.39 is 19.1 Å². The van der Waals surface area contributed by atoms with Gasteiger partial charge in [0.1, 0.15) is 6.17 Å². The van der Waals surface area contributed by atoms with Crippen LogP contribution in [-0.2, 0) is 0 Å². The number of alkyl halides is 1. The molecule has 0 aliphatic carbocycles. The molecule has 5 saturated heterocycles. The Balaban J connectivity index is 1.43. The Morgan fingerprint density at radius 2 is 2.00 bits per heavy atom. The normalized spacial score (nSPS) is 51.7. The van der Waals surface area contributed by atoms with Crippen molar-refractivity contribution in [1.29, 1.82) is 0 Å². The van der Waals surface area contributed by atoms with Crippen molar-refractivity contribution in [2.75, 3.05) is 32.7 Å². The number of halogens is 1. The number of nitrogens with zero attached hydrogens (tertiary/aromatic N) is 2. The van der Waals surface area contributed by atoms with Gasteiger partial charge >= 0.3 is 0 Å². The molecule has 6 unspecified atom stereocenters. The molecular formula is C20H37FN6. The summed E-state index contributed by atoms with van der Waals surface area (Å²) in [5, 5.41) is 13.0. The lowest BCUT2D eigenvalue weighted by Gasteiger charge is -2.47. The molecule has 0 aromatic carbocycles. The average Bonchev–Trinajstić information content (AvgIpc) is 3.33. The molecular weight excluding hydrogens is 343 g/mol. The van der Waals surface area contributed by atoms with Gasteiger partial charge in [-0.2, -0.15) is 0 Å². The number of fused-ring (bicyclic) bond motifs is 5. The van der Waals surface area contributed by atoms with Gasteiger partial charge in [0, 0.05) is 54.3 Å². The Morgan fingerprint density at radius 1 is 1.04 bits per heavy atom. The molecule has 7 heteroatoms. The number of rotatable bonds is 0. The summed E-state index contributed by atoms with van der Waals surface area (Å²) in [6, 6.07) is 0.0472. The summed E-state index contributed by atoms with van der Waals surface area (Å²) >= 11 is 0. The minimum atomic E-state index is -2.03. The monoisotopic (exact) mass is 383 g/mol. The van der Waals surface area contributed by atoms with Crippen molar-refractivity contribution in [2.45, 2.75) is 82.0 Å². The molecule has 5 aliphatic heterocycles. The van der Waals surface area contributed by atoms with Gasteiger partial charge in [0.15, 0.2) is 0 Å². The fourth-order valence-corrected chi connectivity index (χ4v) is 6.25. The van der Waals surface area contributed by atoms with Crippen LogP contribution in [0.3, 0.4) is 0 Å². The molecule has 5 rings (SSSR count). The van der Waals surface area contributed by atoms with Crippen LogP contribution in [0.4, 0.5) is 4.39 Å². The highest BCUT2D eigenvalue weighted by Gasteiger charge is 2.46. The van der Waals surface area contributed by atoms with E-state index >= 15 is 0 Å². The van der Waals surface area contributed by atoms with Gasteiger partial charge in [-0.15, -0.1) is 0 Å². The predicted molar refractivity (Wildman–Crippen MR) is 105 cm³/mol. The van der Waals surface area contributed by atoms with Crippen LogP contribution in [0.5, 0.6) is 0 Å². The molecule has 27 heavy (non-hydrogen) atoms. The molecule has 0 radical (unpaired) electrons. The second-order valence-corrected chi connectivity index (χ2v) is 9.23. The van der Waals surface area contributed by atoms with Crippen molar-refractivity contribution in [3.63, 3.8) is 0 Å². The van der Waals surface area contributed by atoms with Crippen LogP contribution < -0.4 is 21.4 Å². The van der Waals surface area contributed by atoms with Crippen LogP contribution >= 0.6 is 0 Å². The maximum absolute atomic E-state index is 14.5. The zero-order valence-corrected chi connectivity index (χ0v) is 16.2. The minimum absolute atomic E-state index is 0.191. The largest absolute Gasteiger partial charge is 0.314 e. The third kappa shape index (κ3) is 3.67. The van der Waals surface area contributed by atoms with E-state index in [4.69, 9.17) is 4.11 Å². The molecule has 5 aliphatic rings. The minimum Gasteiger partial charge on any atom is -0.314 e. The summed E-state index contributed by atoms with van der Waals surface area (Å²) in [5.41, 5.74) is 3.50. The summed E-state index contributed by atoms with van der Waals surface area (Å²) in [6.45, 7) is 1.98. The lowest BCUT2D eigenvalue weighted by molar-refractivity contribution is -0.00473. The highest BCUT2D eigenvalue weighted by atomic mass is 19.1. The van der Waals surface area contributed by atoms with Crippen LogP contribution in [0.15, 0.2) is 0 Å². The standard InChI is InChI=1S/C20H37FN6/c1-13-4-5-17-16(9-15(21)12-23-17)18-3-2-7-26(18)19-6-8-27-20(25-19)14(10-22-13)11-24-27/h13-20,22-25H,2-12H2,1H3/t13-,14?,15?,16?,17?,18+,19?,20?/m0/s1/i1D3. The van der Waals surface area contributed by atoms with E-state index in [0.717, 1.165) is 38.9 Å². The summed E-state index contributed by atoms with van der Waals surface area (Å²) in [5.74, 6) is 0.571. The molecule has 4 N–H and O–H groups in total. The molecule has 6 nitrogen and oxygen atoms in total. The van der Waals surface area contributed by atoms with E-state index in [1.807, 2.05) is 0 Å². The summed E-state index contributed by atoms with van der Waals surface area (Å²) in [4.78, 5) is 2.62. The predicted octanol–water partition coefficient (Wildman–Crippen LogP) is 0.621. The van der Waals surface area contributed by atoms with Crippen molar-refractivity contribution in [3.8, 4) is 0 Å². The molecule has 8 atom stereocenters. The zero-order chi connectivity index (χ0) is 20.9. The first-order valence-electron chi connectivity index (χ1n) is 12.5. The van der Waals surface area contributed by atoms with Crippen molar-refractivity contribution in [1.82, 2.24) is 31.3 Å². The quantitative estimate of drug-likeness (QED) is 0.492. The molecule has 0 amide bonds. The van der Waals surface area contributed by atoms with Crippen molar-refractivity contribution >= 4 is 0 Å². The number of nitrogens with one attached hydrogen (secondary N) is 4. The average molecular weight is 384 g/mol. The second kappa shape index (κ2) is 7.84. The maximum Gasteiger partial charge on any atom is 0.113 e. The van der Waals surface area contributed by atoms with Gasteiger partial charge in [0.2, 0.25) is 0 Å². The highest BCUT2D eigenvalue weighted by molar-refractivity contribution is 5.00. The van der Waals surface area contributed by atoms with E-state index in [-0.39, 0.29) is 18.1 Å². The Hall–Kier alpha value is -0.310. The fourth-order valence-electron chi connectivity index (χ4n) is 6.25. The van der Waals surface area contributed by atoms with Crippen LogP contribution in [0, 0.1) is 11.8 Å². The molecule has 2 bridgehead atoms. The summed E-state index contributed by atoms with van der Waals surface area (Å²) < 4.78 is 38.6. The van der Waals surface area contributed by atoms with Gasteiger partial charge in [-0.05, 0) is 57.8 Å². The Kier molecular flexibility index (Phi) is 4.51. The summed E-state index contributed by atoms with van der Waals surface area (Å²) in [6.07, 6.45) is 5.04. The van der Waals surface area contributed by atoms with Crippen LogP contribution in [0.2, 0.25) is 0 Å². The highest BCUT2D eigenvalue weighted by Crippen LogP contribution is 2.36. The van der Waals surface area contributed by atoms with Crippen LogP contribution in [0.25, 0.3) is 0 Å². The van der Waals surface area contributed by atoms with Gasteiger partial charge < -0.3 is 10.6 Å². The van der Waals surface area contributed by atoms with Crippen molar-refractivity contribution < 1.29 is 8.50 Å². The molecule has 0 aromatic heterocycles. The molecule has 0 aromatic rings. The first-order valence-corrected chi connectivity index (χ1v) is 11.0. The summed E-state index contributed by atoms with van der Waals surface area (Å²) in [7, 11) is 0. The third-order valence-electron chi connectivity index (χ3n) is 7.62. The number of piperidine rings is 1. The number of hydrogen-bond donors (Lipinski definition) is 4. The van der Waals surface area contributed by atoms with Gasteiger partial charge in [0.05, 0.1) is 12.3 Å². The van der Waals surface area contributed by atoms with Gasteiger partial charge in [-0.25, -0.2) is 9.40 Å². The molecule has 0 saturated carbocycles. The molecule has 0 spiro atoms. The topological polar surface area (TPSA) is 54.6 Å². The Labute approximate surface area is 167 Å². The third-order valence-corrected chi connectivity index (χ3v) is 7.62. The molecule has 154 valence electrons. The van der Waals surface area contributed by atoms with Crippen molar-refractivity contribution in [2.24, 2.45) is 11.8 Å². The second-order valence-electron chi connectivity index (χ2n) is 9.23. The number of hydrogen-bond acceptors (Lipinski definition) is 6. The van der Waals surface area contributed by atoms with Gasteiger partial charge in [0.25, 0.3) is 0 Å². The Bertz CT molecular complexity index is 610. The van der Waals surface area contributed by atoms with Crippen LogP contribution in [0.1, 0.15) is 49.5 Å². The van der Waals surface area contributed by atoms with E-state index in [0.29, 0.717) is 44.1 Å².